The molecular weight excluding hydrogens is 368 g/mol. The maximum Gasteiger partial charge on any atom is 0.245 e. The van der Waals surface area contributed by atoms with E-state index in [0.29, 0.717) is 12.4 Å². The number of likely N-dealkylation sites (tertiary alicyclic amines) is 1. The number of piperidine rings is 1. The van der Waals surface area contributed by atoms with Crippen LogP contribution in [0, 0.1) is 0 Å². The number of nitrogens with one attached hydrogen (secondary N) is 1. The highest BCUT2D eigenvalue weighted by atomic mass is 16.2. The third-order valence-corrected chi connectivity index (χ3v) is 5.49. The lowest BCUT2D eigenvalue weighted by Gasteiger charge is -2.33. The summed E-state index contributed by atoms with van der Waals surface area (Å²) in [5, 5.41) is 3.26. The SMILES string of the molecule is CN(C)C(=O)CN1CCCC(Nc2cc(N3CCc4ccccc43)ncn2)C1=O. The Morgan fingerprint density at radius 3 is 2.90 bits per heavy atom. The van der Waals surface area contributed by atoms with E-state index >= 15 is 0 Å². The fraction of sp³-hybridized carbons (Fsp3) is 0.429. The molecule has 0 spiro atoms. The molecule has 3 heterocycles. The van der Waals surface area contributed by atoms with E-state index in [1.165, 1.54) is 22.5 Å². The summed E-state index contributed by atoms with van der Waals surface area (Å²) in [7, 11) is 3.40. The van der Waals surface area contributed by atoms with Crippen molar-refractivity contribution in [2.75, 3.05) is 43.9 Å². The Morgan fingerprint density at radius 1 is 1.24 bits per heavy atom. The smallest absolute Gasteiger partial charge is 0.245 e. The predicted octanol–water partition coefficient (Wildman–Crippen LogP) is 1.66. The quantitative estimate of drug-likeness (QED) is 0.831. The summed E-state index contributed by atoms with van der Waals surface area (Å²) in [6, 6.07) is 9.83. The summed E-state index contributed by atoms with van der Waals surface area (Å²) in [6.45, 7) is 1.60. The lowest BCUT2D eigenvalue weighted by atomic mass is 10.0. The van der Waals surface area contributed by atoms with Gasteiger partial charge in [0.25, 0.3) is 0 Å². The van der Waals surface area contributed by atoms with Crippen molar-refractivity contribution in [1.29, 1.82) is 0 Å². The molecule has 0 aliphatic carbocycles. The summed E-state index contributed by atoms with van der Waals surface area (Å²) in [5.74, 6) is 1.31. The van der Waals surface area contributed by atoms with Crippen LogP contribution >= 0.6 is 0 Å². The van der Waals surface area contributed by atoms with Crippen LogP contribution in [0.1, 0.15) is 18.4 Å². The minimum atomic E-state index is -0.382. The second kappa shape index (κ2) is 8.06. The second-order valence-electron chi connectivity index (χ2n) is 7.68. The zero-order valence-corrected chi connectivity index (χ0v) is 16.8. The lowest BCUT2D eigenvalue weighted by molar-refractivity contribution is -0.141. The Labute approximate surface area is 170 Å². The first-order chi connectivity index (χ1) is 14.0. The Balaban J connectivity index is 1.47. The Hall–Kier alpha value is -3.16. The molecule has 2 aliphatic rings. The van der Waals surface area contributed by atoms with Gasteiger partial charge in [-0.1, -0.05) is 18.2 Å². The molecule has 2 aromatic rings. The molecule has 8 nitrogen and oxygen atoms in total. The van der Waals surface area contributed by atoms with Crippen LogP contribution in [-0.2, 0) is 16.0 Å². The molecule has 2 amide bonds. The average Bonchev–Trinajstić information content (AvgIpc) is 3.15. The molecule has 1 N–H and O–H groups in total. The van der Waals surface area contributed by atoms with Crippen molar-refractivity contribution < 1.29 is 9.59 Å². The fourth-order valence-electron chi connectivity index (χ4n) is 3.86. The van der Waals surface area contributed by atoms with Gasteiger partial charge >= 0.3 is 0 Å². The molecule has 0 bridgehead atoms. The Kier molecular flexibility index (Phi) is 5.33. The first kappa shape index (κ1) is 19.2. The van der Waals surface area contributed by atoms with Gasteiger partial charge in [0.2, 0.25) is 11.8 Å². The largest absolute Gasteiger partial charge is 0.358 e. The maximum absolute atomic E-state index is 12.8. The van der Waals surface area contributed by atoms with Crippen molar-refractivity contribution in [3.63, 3.8) is 0 Å². The highest BCUT2D eigenvalue weighted by molar-refractivity contribution is 5.89. The number of aromatic nitrogens is 2. The number of benzene rings is 1. The van der Waals surface area contributed by atoms with Crippen molar-refractivity contribution in [1.82, 2.24) is 19.8 Å². The van der Waals surface area contributed by atoms with E-state index in [1.54, 1.807) is 19.0 Å². The third-order valence-electron chi connectivity index (χ3n) is 5.49. The summed E-state index contributed by atoms with van der Waals surface area (Å²) in [6.07, 6.45) is 4.08. The summed E-state index contributed by atoms with van der Waals surface area (Å²) in [5.41, 5.74) is 2.48. The second-order valence-corrected chi connectivity index (χ2v) is 7.68. The Morgan fingerprint density at radius 2 is 2.07 bits per heavy atom. The van der Waals surface area contributed by atoms with E-state index in [4.69, 9.17) is 0 Å². The van der Waals surface area contributed by atoms with Crippen molar-refractivity contribution in [2.24, 2.45) is 0 Å². The maximum atomic E-state index is 12.8. The van der Waals surface area contributed by atoms with Crippen LogP contribution in [0.25, 0.3) is 0 Å². The molecule has 29 heavy (non-hydrogen) atoms. The molecule has 1 aromatic heterocycles. The average molecular weight is 394 g/mol. The number of para-hydroxylation sites is 1. The predicted molar refractivity (Wildman–Crippen MR) is 111 cm³/mol. The molecule has 1 saturated heterocycles. The first-order valence-corrected chi connectivity index (χ1v) is 9.96. The van der Waals surface area contributed by atoms with Crippen molar-refractivity contribution in [3.05, 3.63) is 42.2 Å². The van der Waals surface area contributed by atoms with E-state index in [-0.39, 0.29) is 24.4 Å². The molecule has 0 saturated carbocycles. The standard InChI is InChI=1S/C21H26N6O2/c1-25(2)20(28)13-26-10-5-7-16(21(26)29)24-18-12-19(23-14-22-18)27-11-9-15-6-3-4-8-17(15)27/h3-4,6,8,12,14,16H,5,7,9-11,13H2,1-2H3,(H,22,23,24). The molecule has 0 radical (unpaired) electrons. The molecular formula is C21H26N6O2. The van der Waals surface area contributed by atoms with Gasteiger partial charge in [0.1, 0.15) is 24.0 Å². The zero-order valence-electron chi connectivity index (χ0n) is 16.8. The number of anilines is 3. The van der Waals surface area contributed by atoms with Crippen LogP contribution in [-0.4, -0.2) is 71.4 Å². The van der Waals surface area contributed by atoms with Crippen LogP contribution in [0.15, 0.2) is 36.7 Å². The molecule has 8 heteroatoms. The molecule has 152 valence electrons. The number of amides is 2. The molecule has 2 aliphatic heterocycles. The van der Waals surface area contributed by atoms with Crippen LogP contribution < -0.4 is 10.2 Å². The molecule has 1 aromatic carbocycles. The minimum absolute atomic E-state index is 0.0573. The van der Waals surface area contributed by atoms with Crippen LogP contribution in [0.2, 0.25) is 0 Å². The number of hydrogen-bond acceptors (Lipinski definition) is 6. The fourth-order valence-corrected chi connectivity index (χ4v) is 3.86. The number of hydrogen-bond donors (Lipinski definition) is 1. The molecule has 4 rings (SSSR count). The number of fused-ring (bicyclic) bond motifs is 1. The van der Waals surface area contributed by atoms with E-state index in [1.807, 2.05) is 12.1 Å². The van der Waals surface area contributed by atoms with Gasteiger partial charge in [0, 0.05) is 38.9 Å². The van der Waals surface area contributed by atoms with Gasteiger partial charge in [-0.15, -0.1) is 0 Å². The van der Waals surface area contributed by atoms with Gasteiger partial charge in [-0.3, -0.25) is 9.59 Å². The number of likely N-dealkylation sites (N-methyl/N-ethyl adjacent to an activating group) is 1. The number of nitrogens with zero attached hydrogens (tertiary/aromatic N) is 5. The molecule has 1 fully saturated rings. The minimum Gasteiger partial charge on any atom is -0.358 e. The van der Waals surface area contributed by atoms with Gasteiger partial charge < -0.3 is 20.0 Å². The third kappa shape index (κ3) is 4.01. The Bertz CT molecular complexity index is 916. The normalized spacial score (nSPS) is 18.6. The van der Waals surface area contributed by atoms with Gasteiger partial charge in [0.05, 0.1) is 6.54 Å². The number of carbonyl (C=O) groups is 2. The topological polar surface area (TPSA) is 81.7 Å². The van der Waals surface area contributed by atoms with Crippen molar-refractivity contribution in [3.8, 4) is 0 Å². The van der Waals surface area contributed by atoms with Gasteiger partial charge in [0.15, 0.2) is 0 Å². The molecule has 1 atom stereocenters. The van der Waals surface area contributed by atoms with Gasteiger partial charge in [-0.2, -0.15) is 0 Å². The van der Waals surface area contributed by atoms with E-state index in [2.05, 4.69) is 38.4 Å². The zero-order chi connectivity index (χ0) is 20.4. The summed E-state index contributed by atoms with van der Waals surface area (Å²) >= 11 is 0. The van der Waals surface area contributed by atoms with Gasteiger partial charge in [-0.05, 0) is 30.9 Å². The number of rotatable bonds is 5. The van der Waals surface area contributed by atoms with E-state index in [0.717, 1.165) is 31.6 Å². The highest BCUT2D eigenvalue weighted by Gasteiger charge is 2.30. The number of carbonyl (C=O) groups excluding carboxylic acids is 2. The van der Waals surface area contributed by atoms with E-state index in [9.17, 15) is 9.59 Å². The van der Waals surface area contributed by atoms with Crippen LogP contribution in [0.4, 0.5) is 17.3 Å². The lowest BCUT2D eigenvalue weighted by Crippen LogP contribution is -2.50. The first-order valence-electron chi connectivity index (χ1n) is 9.96. The van der Waals surface area contributed by atoms with Gasteiger partial charge in [-0.25, -0.2) is 9.97 Å². The molecule has 1 unspecified atom stereocenters. The van der Waals surface area contributed by atoms with E-state index < -0.39 is 0 Å². The van der Waals surface area contributed by atoms with Crippen LogP contribution in [0.3, 0.4) is 0 Å². The van der Waals surface area contributed by atoms with Crippen molar-refractivity contribution >= 4 is 29.1 Å². The van der Waals surface area contributed by atoms with Crippen LogP contribution in [0.5, 0.6) is 0 Å². The van der Waals surface area contributed by atoms with Crippen molar-refractivity contribution in [2.45, 2.75) is 25.3 Å². The monoisotopic (exact) mass is 394 g/mol. The summed E-state index contributed by atoms with van der Waals surface area (Å²) < 4.78 is 0. The highest BCUT2D eigenvalue weighted by Crippen LogP contribution is 2.33. The summed E-state index contributed by atoms with van der Waals surface area (Å²) in [4.78, 5) is 38.9.